The molecule has 0 aliphatic rings. The summed E-state index contributed by atoms with van der Waals surface area (Å²) in [5, 5.41) is 4.51. The predicted octanol–water partition coefficient (Wildman–Crippen LogP) is 2.23. The second-order valence-corrected chi connectivity index (χ2v) is 6.39. The monoisotopic (exact) mass is 271 g/mol. The predicted molar refractivity (Wildman–Crippen MR) is 76.8 cm³/mol. The first-order chi connectivity index (χ1) is 8.56. The Kier molecular flexibility index (Phi) is 6.57. The highest BCUT2D eigenvalue weighted by atomic mass is 32.2. The first-order valence-electron chi connectivity index (χ1n) is 6.71. The molecule has 5 heteroatoms. The maximum atomic E-state index is 11.8. The summed E-state index contributed by atoms with van der Waals surface area (Å²) in [6.45, 7) is 6.27. The first kappa shape index (κ1) is 15.4. The van der Waals surface area contributed by atoms with Gasteiger partial charge >= 0.3 is 0 Å². The lowest BCUT2D eigenvalue weighted by Gasteiger charge is -2.12. The van der Waals surface area contributed by atoms with Gasteiger partial charge in [0.1, 0.15) is 0 Å². The highest BCUT2D eigenvalue weighted by Crippen LogP contribution is 2.15. The lowest BCUT2D eigenvalue weighted by molar-refractivity contribution is 0.426. The Morgan fingerprint density at radius 3 is 2.67 bits per heavy atom. The number of rotatable bonds is 8. The molecule has 0 bridgehead atoms. The summed E-state index contributed by atoms with van der Waals surface area (Å²) in [7, 11) is -0.851. The van der Waals surface area contributed by atoms with Gasteiger partial charge in [-0.1, -0.05) is 13.8 Å². The van der Waals surface area contributed by atoms with Crippen LogP contribution in [0.1, 0.15) is 51.8 Å². The fourth-order valence-electron chi connectivity index (χ4n) is 1.87. The van der Waals surface area contributed by atoms with Crippen molar-refractivity contribution in [2.75, 3.05) is 5.75 Å². The summed E-state index contributed by atoms with van der Waals surface area (Å²) in [4.78, 5) is 0. The van der Waals surface area contributed by atoms with Gasteiger partial charge in [0, 0.05) is 28.8 Å². The Bertz CT molecular complexity index is 372. The summed E-state index contributed by atoms with van der Waals surface area (Å²) in [5.41, 5.74) is 6.58. The highest BCUT2D eigenvalue weighted by Gasteiger charge is 2.10. The van der Waals surface area contributed by atoms with Crippen molar-refractivity contribution in [3.05, 3.63) is 18.0 Å². The molecular weight excluding hydrogens is 246 g/mol. The van der Waals surface area contributed by atoms with E-state index in [2.05, 4.69) is 18.9 Å². The summed E-state index contributed by atoms with van der Waals surface area (Å²) in [5.74, 6) is 1.20. The lowest BCUT2D eigenvalue weighted by atomic mass is 10.2. The van der Waals surface area contributed by atoms with Gasteiger partial charge in [0.15, 0.2) is 0 Å². The number of nitrogens with zero attached hydrogens (tertiary/aromatic N) is 2. The Balaban J connectivity index is 2.50. The van der Waals surface area contributed by atoms with E-state index in [-0.39, 0.29) is 6.04 Å². The molecule has 0 saturated carbocycles. The molecule has 18 heavy (non-hydrogen) atoms. The van der Waals surface area contributed by atoms with Gasteiger partial charge < -0.3 is 5.73 Å². The van der Waals surface area contributed by atoms with Crippen LogP contribution in [0.3, 0.4) is 0 Å². The topological polar surface area (TPSA) is 60.9 Å². The molecule has 1 aromatic heterocycles. The van der Waals surface area contributed by atoms with Crippen LogP contribution in [-0.4, -0.2) is 25.8 Å². The van der Waals surface area contributed by atoms with Crippen molar-refractivity contribution in [3.63, 3.8) is 0 Å². The van der Waals surface area contributed by atoms with Crippen molar-refractivity contribution in [1.29, 1.82) is 0 Å². The van der Waals surface area contributed by atoms with Crippen molar-refractivity contribution in [1.82, 2.24) is 9.78 Å². The molecule has 2 unspecified atom stereocenters. The molecule has 0 amide bonds. The van der Waals surface area contributed by atoms with Gasteiger partial charge in [-0.15, -0.1) is 0 Å². The summed E-state index contributed by atoms with van der Waals surface area (Å²) in [6, 6.07) is 2.55. The van der Waals surface area contributed by atoms with Crippen molar-refractivity contribution < 1.29 is 4.21 Å². The zero-order valence-electron chi connectivity index (χ0n) is 11.6. The fraction of sp³-hybridized carbons (Fsp3) is 0.769. The van der Waals surface area contributed by atoms with E-state index in [1.807, 2.05) is 23.9 Å². The van der Waals surface area contributed by atoms with Crippen LogP contribution in [0, 0.1) is 0 Å². The Morgan fingerprint density at radius 2 is 2.11 bits per heavy atom. The van der Waals surface area contributed by atoms with Gasteiger partial charge in [-0.3, -0.25) is 8.89 Å². The lowest BCUT2D eigenvalue weighted by Crippen LogP contribution is -2.18. The van der Waals surface area contributed by atoms with Gasteiger partial charge in [0.25, 0.3) is 0 Å². The normalized spacial score (nSPS) is 14.9. The van der Waals surface area contributed by atoms with E-state index in [0.29, 0.717) is 17.5 Å². The average molecular weight is 271 g/mol. The van der Waals surface area contributed by atoms with Crippen LogP contribution in [0.5, 0.6) is 0 Å². The van der Waals surface area contributed by atoms with E-state index in [0.717, 1.165) is 25.0 Å². The van der Waals surface area contributed by atoms with E-state index >= 15 is 0 Å². The van der Waals surface area contributed by atoms with Crippen LogP contribution < -0.4 is 5.73 Å². The smallest absolute Gasteiger partial charge is 0.0749 e. The molecule has 0 radical (unpaired) electrons. The van der Waals surface area contributed by atoms with Crippen LogP contribution >= 0.6 is 0 Å². The van der Waals surface area contributed by atoms with Crippen LogP contribution in [0.25, 0.3) is 0 Å². The van der Waals surface area contributed by atoms with Gasteiger partial charge in [-0.25, -0.2) is 0 Å². The van der Waals surface area contributed by atoms with Crippen molar-refractivity contribution >= 4 is 10.8 Å². The molecule has 1 rings (SSSR count). The molecule has 0 aromatic carbocycles. The minimum atomic E-state index is -0.851. The van der Waals surface area contributed by atoms with E-state index in [9.17, 15) is 4.21 Å². The number of hydrogen-bond acceptors (Lipinski definition) is 3. The maximum absolute atomic E-state index is 11.8. The highest BCUT2D eigenvalue weighted by molar-refractivity contribution is 7.84. The summed E-state index contributed by atoms with van der Waals surface area (Å²) >= 11 is 0. The third-order valence-corrected chi connectivity index (χ3v) is 4.40. The summed E-state index contributed by atoms with van der Waals surface area (Å²) < 4.78 is 13.8. The molecule has 2 atom stereocenters. The molecule has 0 fully saturated rings. The van der Waals surface area contributed by atoms with Gasteiger partial charge in [0.05, 0.1) is 17.5 Å². The molecule has 4 nitrogen and oxygen atoms in total. The largest absolute Gasteiger partial charge is 0.328 e. The second kappa shape index (κ2) is 7.69. The van der Waals surface area contributed by atoms with Gasteiger partial charge in [-0.05, 0) is 32.3 Å². The van der Waals surface area contributed by atoms with Crippen LogP contribution in [0.2, 0.25) is 0 Å². The van der Waals surface area contributed by atoms with Crippen molar-refractivity contribution in [2.45, 2.75) is 57.9 Å². The molecule has 0 saturated heterocycles. The van der Waals surface area contributed by atoms with Crippen LogP contribution in [-0.2, 0) is 16.6 Å². The molecule has 0 spiro atoms. The number of nitrogens with two attached hydrogens (primary N) is 1. The molecule has 0 aliphatic heterocycles. The van der Waals surface area contributed by atoms with E-state index in [1.54, 1.807) is 0 Å². The molecular formula is C13H25N3OS. The minimum absolute atomic E-state index is 0.121. The standard InChI is InChI=1S/C13H25N3OS/c1-4-13(5-2)16-8-6-12(15-16)10-18(17)9-7-11(3)14/h6,8,11,13H,4-5,7,9-10,14H2,1-3H3. The van der Waals surface area contributed by atoms with Crippen LogP contribution in [0.4, 0.5) is 0 Å². The van der Waals surface area contributed by atoms with E-state index in [1.165, 1.54) is 0 Å². The van der Waals surface area contributed by atoms with Crippen LogP contribution in [0.15, 0.2) is 12.3 Å². The summed E-state index contributed by atoms with van der Waals surface area (Å²) in [6.07, 6.45) is 4.95. The maximum Gasteiger partial charge on any atom is 0.0749 e. The SMILES string of the molecule is CCC(CC)n1ccc(CS(=O)CCC(C)N)n1. The average Bonchev–Trinajstić information content (AvgIpc) is 2.76. The third kappa shape index (κ3) is 4.90. The first-order valence-corrected chi connectivity index (χ1v) is 8.20. The van der Waals surface area contributed by atoms with Gasteiger partial charge in [0.2, 0.25) is 0 Å². The van der Waals surface area contributed by atoms with E-state index < -0.39 is 10.8 Å². The molecule has 0 aliphatic carbocycles. The fourth-order valence-corrected chi connectivity index (χ4v) is 3.14. The Morgan fingerprint density at radius 1 is 1.44 bits per heavy atom. The zero-order valence-corrected chi connectivity index (χ0v) is 12.4. The minimum Gasteiger partial charge on any atom is -0.328 e. The quantitative estimate of drug-likeness (QED) is 0.788. The van der Waals surface area contributed by atoms with Gasteiger partial charge in [-0.2, -0.15) is 5.10 Å². The van der Waals surface area contributed by atoms with Crippen molar-refractivity contribution in [2.24, 2.45) is 5.73 Å². The zero-order chi connectivity index (χ0) is 13.5. The Hall–Kier alpha value is -0.680. The molecule has 1 heterocycles. The molecule has 1 aromatic rings. The second-order valence-electron chi connectivity index (χ2n) is 4.81. The van der Waals surface area contributed by atoms with Crippen molar-refractivity contribution in [3.8, 4) is 0 Å². The number of hydrogen-bond donors (Lipinski definition) is 1. The molecule has 104 valence electrons. The Labute approximate surface area is 112 Å². The molecule has 2 N–H and O–H groups in total. The number of aromatic nitrogens is 2. The van der Waals surface area contributed by atoms with E-state index in [4.69, 9.17) is 5.73 Å². The third-order valence-electron chi connectivity index (χ3n) is 3.09.